The van der Waals surface area contributed by atoms with E-state index in [2.05, 4.69) is 10.3 Å². The molecule has 0 aromatic carbocycles. The second kappa shape index (κ2) is 8.10. The smallest absolute Gasteiger partial charge is 0.221 e. The Labute approximate surface area is 131 Å². The minimum absolute atomic E-state index is 0.0933. The highest BCUT2D eigenvalue weighted by Crippen LogP contribution is 2.39. The van der Waals surface area contributed by atoms with Crippen LogP contribution in [0, 0.1) is 0 Å². The summed E-state index contributed by atoms with van der Waals surface area (Å²) in [5.74, 6) is 0.850. The first-order valence-corrected chi connectivity index (χ1v) is 8.63. The van der Waals surface area contributed by atoms with Gasteiger partial charge < -0.3 is 5.32 Å². The van der Waals surface area contributed by atoms with Crippen LogP contribution in [0.3, 0.4) is 0 Å². The van der Waals surface area contributed by atoms with E-state index in [0.29, 0.717) is 6.42 Å². The van der Waals surface area contributed by atoms with E-state index in [1.807, 2.05) is 6.92 Å². The lowest BCUT2D eigenvalue weighted by Crippen LogP contribution is -2.41. The second-order valence-corrected chi connectivity index (χ2v) is 8.51. The fraction of sp³-hybridized carbons (Fsp3) is 0.800. The summed E-state index contributed by atoms with van der Waals surface area (Å²) in [4.78, 5) is 16.0. The van der Waals surface area contributed by atoms with E-state index in [1.165, 1.54) is 11.8 Å². The number of thioether (sulfide) groups is 2. The second-order valence-electron chi connectivity index (χ2n) is 3.71. The monoisotopic (exact) mass is 348 g/mol. The van der Waals surface area contributed by atoms with Crippen molar-refractivity contribution in [1.82, 2.24) is 5.32 Å². The Balaban J connectivity index is 2.53. The molecule has 0 bridgehead atoms. The Morgan fingerprint density at radius 3 is 2.83 bits per heavy atom. The van der Waals surface area contributed by atoms with Crippen molar-refractivity contribution in [2.75, 3.05) is 12.3 Å². The number of unbranched alkanes of at least 4 members (excludes halogenated alkanes) is 1. The van der Waals surface area contributed by atoms with Gasteiger partial charge in [-0.2, -0.15) is 0 Å². The lowest BCUT2D eigenvalue weighted by atomic mass is 10.2. The zero-order valence-corrected chi connectivity index (χ0v) is 13.8. The molecule has 1 aliphatic rings. The summed E-state index contributed by atoms with van der Waals surface area (Å²) in [5.41, 5.74) is 0. The SMILES string of the molecule is CCCCC(=O)NC(SC1=NCCS1)C(Cl)(Cl)Cl. The number of rotatable bonds is 5. The van der Waals surface area contributed by atoms with Gasteiger partial charge in [0.05, 0.1) is 6.54 Å². The molecule has 1 heterocycles. The van der Waals surface area contributed by atoms with Crippen LogP contribution in [0.1, 0.15) is 26.2 Å². The van der Waals surface area contributed by atoms with Crippen molar-refractivity contribution in [3.8, 4) is 0 Å². The van der Waals surface area contributed by atoms with E-state index in [-0.39, 0.29) is 5.91 Å². The van der Waals surface area contributed by atoms with Crippen molar-refractivity contribution in [3.05, 3.63) is 0 Å². The molecule has 0 saturated carbocycles. The molecule has 1 aliphatic heterocycles. The Morgan fingerprint density at radius 1 is 1.61 bits per heavy atom. The summed E-state index contributed by atoms with van der Waals surface area (Å²) in [6.45, 7) is 2.81. The molecule has 18 heavy (non-hydrogen) atoms. The maximum atomic E-state index is 11.7. The van der Waals surface area contributed by atoms with Crippen molar-refractivity contribution < 1.29 is 4.79 Å². The van der Waals surface area contributed by atoms with E-state index in [0.717, 1.165) is 29.5 Å². The predicted octanol–water partition coefficient (Wildman–Crippen LogP) is 3.83. The first-order chi connectivity index (χ1) is 8.43. The third kappa shape index (κ3) is 6.24. The number of carbonyl (C=O) groups is 1. The highest BCUT2D eigenvalue weighted by Gasteiger charge is 2.36. The zero-order chi connectivity index (χ0) is 13.6. The summed E-state index contributed by atoms with van der Waals surface area (Å²) in [5, 5.41) is 2.15. The standard InChI is InChI=1S/C10H15Cl3N2OS2/c1-2-3-4-7(16)15-8(10(11,12)13)18-9-14-5-6-17-9/h8H,2-6H2,1H3,(H,15,16). The number of nitrogens with zero attached hydrogens (tertiary/aromatic N) is 1. The Kier molecular flexibility index (Phi) is 7.54. The van der Waals surface area contributed by atoms with Crippen LogP contribution < -0.4 is 5.32 Å². The molecule has 1 N–H and O–H groups in total. The van der Waals surface area contributed by atoms with Crippen LogP contribution in [0.15, 0.2) is 4.99 Å². The normalized spacial score (nSPS) is 17.4. The van der Waals surface area contributed by atoms with Gasteiger partial charge >= 0.3 is 0 Å². The Hall–Kier alpha value is 0.710. The first-order valence-electron chi connectivity index (χ1n) is 5.63. The molecule has 8 heteroatoms. The molecule has 0 fully saturated rings. The maximum Gasteiger partial charge on any atom is 0.221 e. The number of alkyl halides is 3. The molecule has 1 amide bonds. The van der Waals surface area contributed by atoms with Crippen molar-refractivity contribution in [2.45, 2.75) is 35.4 Å². The van der Waals surface area contributed by atoms with Gasteiger partial charge in [0, 0.05) is 12.2 Å². The number of hydrogen-bond donors (Lipinski definition) is 1. The summed E-state index contributed by atoms with van der Waals surface area (Å²) in [6.07, 6.45) is 2.24. The number of halogens is 3. The van der Waals surface area contributed by atoms with E-state index < -0.39 is 9.17 Å². The molecular weight excluding hydrogens is 335 g/mol. The van der Waals surface area contributed by atoms with Gasteiger partial charge in [0.15, 0.2) is 0 Å². The van der Waals surface area contributed by atoms with Gasteiger partial charge in [-0.1, -0.05) is 71.7 Å². The van der Waals surface area contributed by atoms with Gasteiger partial charge in [0.2, 0.25) is 9.70 Å². The minimum Gasteiger partial charge on any atom is -0.340 e. The molecule has 0 aromatic heterocycles. The molecule has 1 atom stereocenters. The summed E-state index contributed by atoms with van der Waals surface area (Å²) in [7, 11) is 0. The summed E-state index contributed by atoms with van der Waals surface area (Å²) < 4.78 is -0.680. The van der Waals surface area contributed by atoms with Gasteiger partial charge in [-0.15, -0.1) is 0 Å². The first kappa shape index (κ1) is 16.8. The van der Waals surface area contributed by atoms with Crippen LogP contribution in [0.4, 0.5) is 0 Å². The quantitative estimate of drug-likeness (QED) is 0.606. The van der Waals surface area contributed by atoms with Crippen LogP contribution in [0.25, 0.3) is 0 Å². The van der Waals surface area contributed by atoms with E-state index in [9.17, 15) is 4.79 Å². The van der Waals surface area contributed by atoms with Crippen molar-refractivity contribution >= 4 is 68.6 Å². The average Bonchev–Trinajstić information content (AvgIpc) is 2.77. The lowest BCUT2D eigenvalue weighted by molar-refractivity contribution is -0.121. The number of carbonyl (C=O) groups excluding carboxylic acids is 1. The molecule has 104 valence electrons. The van der Waals surface area contributed by atoms with Gasteiger partial charge in [0.25, 0.3) is 0 Å². The Bertz CT molecular complexity index is 321. The maximum absolute atomic E-state index is 11.7. The largest absolute Gasteiger partial charge is 0.340 e. The number of nitrogens with one attached hydrogen (secondary N) is 1. The molecule has 0 saturated heterocycles. The van der Waals surface area contributed by atoms with Crippen molar-refractivity contribution in [2.24, 2.45) is 4.99 Å². The van der Waals surface area contributed by atoms with Crippen LogP contribution in [0.5, 0.6) is 0 Å². The summed E-state index contributed by atoms with van der Waals surface area (Å²) >= 11 is 20.6. The van der Waals surface area contributed by atoms with Gasteiger partial charge in [-0.25, -0.2) is 0 Å². The highest BCUT2D eigenvalue weighted by molar-refractivity contribution is 8.39. The Morgan fingerprint density at radius 2 is 2.33 bits per heavy atom. The fourth-order valence-electron chi connectivity index (χ4n) is 1.22. The van der Waals surface area contributed by atoms with Crippen LogP contribution in [-0.2, 0) is 4.79 Å². The van der Waals surface area contributed by atoms with Gasteiger partial charge in [0.1, 0.15) is 9.75 Å². The molecule has 1 rings (SSSR count). The predicted molar refractivity (Wildman–Crippen MR) is 84.1 cm³/mol. The van der Waals surface area contributed by atoms with E-state index >= 15 is 0 Å². The van der Waals surface area contributed by atoms with Crippen LogP contribution in [-0.4, -0.2) is 31.7 Å². The molecule has 1 unspecified atom stereocenters. The van der Waals surface area contributed by atoms with E-state index in [4.69, 9.17) is 34.8 Å². The average molecular weight is 350 g/mol. The number of aliphatic imine (C=N–C) groups is 1. The molecule has 3 nitrogen and oxygen atoms in total. The molecule has 0 aromatic rings. The topological polar surface area (TPSA) is 41.5 Å². The van der Waals surface area contributed by atoms with Gasteiger partial charge in [-0.3, -0.25) is 9.79 Å². The lowest BCUT2D eigenvalue weighted by Gasteiger charge is -2.24. The molecule has 0 aliphatic carbocycles. The molecule has 0 radical (unpaired) electrons. The van der Waals surface area contributed by atoms with E-state index in [1.54, 1.807) is 11.8 Å². The van der Waals surface area contributed by atoms with Crippen LogP contribution >= 0.6 is 58.3 Å². The zero-order valence-electron chi connectivity index (χ0n) is 9.92. The van der Waals surface area contributed by atoms with Crippen molar-refractivity contribution in [1.29, 1.82) is 0 Å². The van der Waals surface area contributed by atoms with Gasteiger partial charge in [-0.05, 0) is 6.42 Å². The number of amides is 1. The molecule has 0 spiro atoms. The third-order valence-corrected chi connectivity index (χ3v) is 5.61. The third-order valence-electron chi connectivity index (χ3n) is 2.12. The summed E-state index contributed by atoms with van der Waals surface area (Å²) in [6, 6.07) is 0. The highest BCUT2D eigenvalue weighted by atomic mass is 35.6. The molecular formula is C10H15Cl3N2OS2. The number of hydrogen-bond acceptors (Lipinski definition) is 4. The van der Waals surface area contributed by atoms with Crippen LogP contribution in [0.2, 0.25) is 0 Å². The van der Waals surface area contributed by atoms with Crippen molar-refractivity contribution in [3.63, 3.8) is 0 Å². The fourth-order valence-corrected chi connectivity index (χ4v) is 3.83. The minimum atomic E-state index is -1.54.